The number of aromatic nitrogens is 2. The molecule has 2 fully saturated rings. The van der Waals surface area contributed by atoms with Crippen LogP contribution in [0.3, 0.4) is 0 Å². The molecule has 0 N–H and O–H groups in total. The van der Waals surface area contributed by atoms with Crippen LogP contribution < -0.4 is 14.4 Å². The van der Waals surface area contributed by atoms with Gasteiger partial charge in [0.25, 0.3) is 5.69 Å². The molecule has 0 unspecified atom stereocenters. The first-order valence-electron chi connectivity index (χ1n) is 20.5. The number of nitrogens with zero attached hydrogens (tertiary/aromatic N) is 5. The van der Waals surface area contributed by atoms with E-state index in [1.54, 1.807) is 36.6 Å². The largest absolute Gasteiger partial charge is 0.468 e. The predicted molar refractivity (Wildman–Crippen MR) is 228 cm³/mol. The molecule has 2 aliphatic rings. The molecule has 1 aromatic heterocycles. The highest BCUT2D eigenvalue weighted by atomic mass is 28.3. The average Bonchev–Trinajstić information content (AvgIpc) is 3.44. The second kappa shape index (κ2) is 17.5. The van der Waals surface area contributed by atoms with E-state index in [0.717, 1.165) is 6.07 Å². The van der Waals surface area contributed by atoms with Crippen LogP contribution in [0.5, 0.6) is 11.8 Å². The molecule has 2 saturated heterocycles. The Morgan fingerprint density at radius 3 is 2.15 bits per heavy atom. The summed E-state index contributed by atoms with van der Waals surface area (Å²) in [6.45, 7) is 15.9. The zero-order valence-corrected chi connectivity index (χ0v) is 37.5. The Kier molecular flexibility index (Phi) is 13.0. The van der Waals surface area contributed by atoms with E-state index in [1.807, 2.05) is 0 Å². The average molecular weight is 886 g/mol. The van der Waals surface area contributed by atoms with Gasteiger partial charge in [-0.1, -0.05) is 53.5 Å². The molecule has 0 radical (unpaired) electrons. The SMILES string of the molecule is COCOc1cc(-c2c([N+](=O)[O-])cc3c(N4C[C@H]5CC[C@@H](C4)N5C(=O)OC(C)(C)C)nc(OCC(F)(F)F)nc3c2F)c2c(C#C[Si](C(C)C)(C(C)C)C(C)C)c(F)ccc2c1. The minimum Gasteiger partial charge on any atom is -0.468 e. The summed E-state index contributed by atoms with van der Waals surface area (Å²) in [5.74, 6) is 1.06. The summed E-state index contributed by atoms with van der Waals surface area (Å²) in [5.41, 5.74) is 0.961. The number of ether oxygens (including phenoxy) is 4. The maximum absolute atomic E-state index is 17.8. The number of benzene rings is 3. The number of nitro groups is 1. The molecule has 2 bridgehead atoms. The van der Waals surface area contributed by atoms with E-state index in [2.05, 4.69) is 63.0 Å². The number of piperazine rings is 1. The van der Waals surface area contributed by atoms with Gasteiger partial charge in [0, 0.05) is 37.2 Å². The van der Waals surface area contributed by atoms with Crippen LogP contribution in [0, 0.1) is 33.2 Å². The van der Waals surface area contributed by atoms with Crippen molar-refractivity contribution in [3.63, 3.8) is 0 Å². The molecule has 2 atom stereocenters. The first-order valence-corrected chi connectivity index (χ1v) is 22.8. The summed E-state index contributed by atoms with van der Waals surface area (Å²) < 4.78 is 96.1. The van der Waals surface area contributed by atoms with Crippen molar-refractivity contribution in [2.24, 2.45) is 0 Å². The molecular weight excluding hydrogens is 834 g/mol. The fourth-order valence-corrected chi connectivity index (χ4v) is 14.5. The summed E-state index contributed by atoms with van der Waals surface area (Å²) in [6.07, 6.45) is -4.23. The van der Waals surface area contributed by atoms with Crippen LogP contribution in [0.1, 0.15) is 80.7 Å². The number of carbonyl (C=O) groups is 1. The van der Waals surface area contributed by atoms with Crippen molar-refractivity contribution in [2.75, 3.05) is 38.5 Å². The molecule has 18 heteroatoms. The lowest BCUT2D eigenvalue weighted by Gasteiger charge is -2.42. The molecule has 62 heavy (non-hydrogen) atoms. The summed E-state index contributed by atoms with van der Waals surface area (Å²) in [6, 6.07) is 4.89. The molecule has 0 aliphatic carbocycles. The Hall–Kier alpha value is -5.28. The molecule has 4 aromatic rings. The second-order valence-corrected chi connectivity index (χ2v) is 23.4. The molecule has 0 saturated carbocycles. The van der Waals surface area contributed by atoms with Crippen LogP contribution in [-0.4, -0.2) is 91.4 Å². The van der Waals surface area contributed by atoms with E-state index in [-0.39, 0.29) is 70.0 Å². The number of anilines is 1. The Morgan fingerprint density at radius 2 is 1.60 bits per heavy atom. The molecule has 0 spiro atoms. The van der Waals surface area contributed by atoms with Crippen molar-refractivity contribution < 1.29 is 50.6 Å². The first kappa shape index (κ1) is 46.2. The third-order valence-corrected chi connectivity index (χ3v) is 18.0. The van der Waals surface area contributed by atoms with Gasteiger partial charge in [0.2, 0.25) is 0 Å². The quantitative estimate of drug-likeness (QED) is 0.0358. The second-order valence-electron chi connectivity index (χ2n) is 17.8. The Balaban J connectivity index is 1.64. The van der Waals surface area contributed by atoms with Crippen LogP contribution in [0.15, 0.2) is 30.3 Å². The number of hydrogen-bond donors (Lipinski definition) is 0. The standard InChI is InChI=1S/C44H52F5N5O7Si/c1-24(2)62(25(3)4,26(5)6)16-15-31-34(45)14-11-27-17-30(60-23-58-10)18-32(36(27)31)37-35(54(56)57)19-33-39(38(37)46)50-41(59-22-44(47,48)49)51-40(33)52-20-28-12-13-29(21-52)53(28)42(55)61-43(7,8)9/h11,14,17-19,24-26,28-29H,12-13,20-23H2,1-10H3/t28-,29+. The number of fused-ring (bicyclic) bond motifs is 4. The lowest BCUT2D eigenvalue weighted by Crippen LogP contribution is -2.57. The summed E-state index contributed by atoms with van der Waals surface area (Å²) in [5, 5.41) is 13.3. The van der Waals surface area contributed by atoms with E-state index in [0.29, 0.717) is 18.2 Å². The van der Waals surface area contributed by atoms with Gasteiger partial charge in [0.05, 0.1) is 33.5 Å². The zero-order valence-electron chi connectivity index (χ0n) is 36.5. The first-order chi connectivity index (χ1) is 29.0. The highest BCUT2D eigenvalue weighted by Crippen LogP contribution is 2.47. The number of hydrogen-bond acceptors (Lipinski definition) is 10. The fourth-order valence-electron chi connectivity index (χ4n) is 9.26. The highest BCUT2D eigenvalue weighted by molar-refractivity contribution is 6.90. The van der Waals surface area contributed by atoms with Crippen LogP contribution in [0.4, 0.5) is 38.3 Å². The van der Waals surface area contributed by atoms with Gasteiger partial charge in [-0.3, -0.25) is 15.0 Å². The number of halogens is 5. The van der Waals surface area contributed by atoms with E-state index < -0.39 is 84.0 Å². The number of nitro benzene ring substituents is 1. The van der Waals surface area contributed by atoms with E-state index in [4.69, 9.17) is 18.9 Å². The number of amides is 1. The third-order valence-electron chi connectivity index (χ3n) is 11.7. The third kappa shape index (κ3) is 9.10. The van der Waals surface area contributed by atoms with Gasteiger partial charge >= 0.3 is 18.3 Å². The number of methoxy groups -OCH3 is 1. The van der Waals surface area contributed by atoms with Crippen LogP contribution >= 0.6 is 0 Å². The Morgan fingerprint density at radius 1 is 0.968 bits per heavy atom. The fraction of sp³-hybridized carbons (Fsp3) is 0.523. The maximum Gasteiger partial charge on any atom is 0.422 e. The molecule has 3 heterocycles. The summed E-state index contributed by atoms with van der Waals surface area (Å²) in [4.78, 5) is 37.3. The molecule has 2 aliphatic heterocycles. The maximum atomic E-state index is 17.8. The van der Waals surface area contributed by atoms with Gasteiger partial charge in [-0.25, -0.2) is 13.6 Å². The summed E-state index contributed by atoms with van der Waals surface area (Å²) >= 11 is 0. The van der Waals surface area contributed by atoms with Crippen LogP contribution in [-0.2, 0) is 9.47 Å². The lowest BCUT2D eigenvalue weighted by molar-refractivity contribution is -0.384. The van der Waals surface area contributed by atoms with E-state index in [1.165, 1.54) is 25.3 Å². The molecule has 6 rings (SSSR count). The van der Waals surface area contributed by atoms with Crippen molar-refractivity contribution in [3.05, 3.63) is 57.6 Å². The van der Waals surface area contributed by atoms with Crippen LogP contribution in [0.25, 0.3) is 32.8 Å². The minimum absolute atomic E-state index is 0.0560. The topological polar surface area (TPSA) is 129 Å². The number of rotatable bonds is 11. The van der Waals surface area contributed by atoms with Crippen molar-refractivity contribution >= 4 is 47.3 Å². The van der Waals surface area contributed by atoms with E-state index in [9.17, 15) is 28.1 Å². The molecule has 1 amide bonds. The smallest absolute Gasteiger partial charge is 0.422 e. The van der Waals surface area contributed by atoms with Gasteiger partial charge in [0.15, 0.2) is 19.2 Å². The Labute approximate surface area is 358 Å². The molecule has 12 nitrogen and oxygen atoms in total. The van der Waals surface area contributed by atoms with Crippen molar-refractivity contribution in [3.8, 4) is 34.4 Å². The molecule has 3 aromatic carbocycles. The van der Waals surface area contributed by atoms with Gasteiger partial charge < -0.3 is 23.8 Å². The monoisotopic (exact) mass is 885 g/mol. The molecular formula is C44H52F5N5O7Si. The van der Waals surface area contributed by atoms with Crippen molar-refractivity contribution in [1.82, 2.24) is 14.9 Å². The van der Waals surface area contributed by atoms with Gasteiger partial charge in [-0.15, -0.1) is 5.54 Å². The van der Waals surface area contributed by atoms with Crippen LogP contribution in [0.2, 0.25) is 16.6 Å². The predicted octanol–water partition coefficient (Wildman–Crippen LogP) is 10.7. The zero-order chi connectivity index (χ0) is 45.6. The van der Waals surface area contributed by atoms with Gasteiger partial charge in [-0.05, 0) is 73.8 Å². The minimum atomic E-state index is -4.82. The normalized spacial score (nSPS) is 17.0. The highest BCUT2D eigenvalue weighted by Gasteiger charge is 2.46. The number of carbonyl (C=O) groups excluding carboxylic acids is 1. The molecule has 334 valence electrons. The lowest BCUT2D eigenvalue weighted by atomic mass is 9.92. The van der Waals surface area contributed by atoms with E-state index >= 15 is 8.78 Å². The number of alkyl halides is 3. The van der Waals surface area contributed by atoms with Crippen molar-refractivity contribution in [2.45, 2.75) is 116 Å². The van der Waals surface area contributed by atoms with Gasteiger partial charge in [-0.2, -0.15) is 23.1 Å². The van der Waals surface area contributed by atoms with Gasteiger partial charge in [0.1, 0.15) is 36.6 Å². The Bertz CT molecular complexity index is 2410. The van der Waals surface area contributed by atoms with Crippen molar-refractivity contribution in [1.29, 1.82) is 0 Å². The summed E-state index contributed by atoms with van der Waals surface area (Å²) in [7, 11) is -1.11.